The third-order valence-corrected chi connectivity index (χ3v) is 6.31. The molecule has 1 aromatic heterocycles. The molecule has 0 radical (unpaired) electrons. The van der Waals surface area contributed by atoms with E-state index in [1.807, 2.05) is 35.8 Å². The Hall–Kier alpha value is -2.64. The lowest BCUT2D eigenvalue weighted by Crippen LogP contribution is -2.51. The summed E-state index contributed by atoms with van der Waals surface area (Å²) < 4.78 is 39.1. The van der Waals surface area contributed by atoms with Gasteiger partial charge in [-0.2, -0.15) is 13.2 Å². The number of amides is 1. The van der Waals surface area contributed by atoms with Gasteiger partial charge in [0.2, 0.25) is 5.91 Å². The summed E-state index contributed by atoms with van der Waals surface area (Å²) in [7, 11) is 0. The summed E-state index contributed by atoms with van der Waals surface area (Å²) in [5, 5.41) is 0. The molecule has 2 aromatic rings. The summed E-state index contributed by atoms with van der Waals surface area (Å²) in [5.74, 6) is 0.404. The standard InChI is InChI=1S/C22H25F3N4O/c1-15(2)29-13-17-6-4-3-5-16(17)12-21(20(29)30)7-9-28(10-8-21)19-11-18(22(23,24)25)26-14-27-19/h3-6,11,14-15H,7-10,12-13H2,1-2H3. The van der Waals surface area contributed by atoms with Crippen LogP contribution in [0.15, 0.2) is 36.7 Å². The summed E-state index contributed by atoms with van der Waals surface area (Å²) in [6, 6.07) is 9.22. The molecule has 8 heteroatoms. The zero-order chi connectivity index (χ0) is 21.5. The second-order valence-electron chi connectivity index (χ2n) is 8.50. The molecule has 0 bridgehead atoms. The predicted molar refractivity (Wildman–Crippen MR) is 107 cm³/mol. The van der Waals surface area contributed by atoms with Crippen LogP contribution in [0.1, 0.15) is 43.5 Å². The number of rotatable bonds is 2. The van der Waals surface area contributed by atoms with E-state index in [4.69, 9.17) is 0 Å². The number of halogens is 3. The topological polar surface area (TPSA) is 49.3 Å². The molecule has 5 nitrogen and oxygen atoms in total. The molecule has 1 amide bonds. The van der Waals surface area contributed by atoms with E-state index in [9.17, 15) is 18.0 Å². The van der Waals surface area contributed by atoms with Crippen molar-refractivity contribution < 1.29 is 18.0 Å². The first kappa shape index (κ1) is 20.6. The van der Waals surface area contributed by atoms with Gasteiger partial charge >= 0.3 is 6.18 Å². The molecule has 0 atom stereocenters. The molecule has 2 aliphatic heterocycles. The van der Waals surface area contributed by atoms with E-state index in [1.54, 1.807) is 0 Å². The molecule has 1 fully saturated rings. The van der Waals surface area contributed by atoms with Gasteiger partial charge in [-0.15, -0.1) is 0 Å². The van der Waals surface area contributed by atoms with Gasteiger partial charge in [0.15, 0.2) is 0 Å². The average Bonchev–Trinajstić information content (AvgIpc) is 2.83. The molecular formula is C22H25F3N4O. The Morgan fingerprint density at radius 2 is 1.73 bits per heavy atom. The molecule has 30 heavy (non-hydrogen) atoms. The largest absolute Gasteiger partial charge is 0.433 e. The number of carbonyl (C=O) groups is 1. The number of piperidine rings is 1. The number of hydrogen-bond donors (Lipinski definition) is 0. The van der Waals surface area contributed by atoms with Crippen molar-refractivity contribution in [2.75, 3.05) is 18.0 Å². The fourth-order valence-corrected chi connectivity index (χ4v) is 4.53. The summed E-state index contributed by atoms with van der Waals surface area (Å²) in [5.41, 5.74) is 0.874. The van der Waals surface area contributed by atoms with Crippen LogP contribution in [-0.4, -0.2) is 39.9 Å². The highest BCUT2D eigenvalue weighted by atomic mass is 19.4. The summed E-state index contributed by atoms with van der Waals surface area (Å²) in [6.07, 6.45) is -1.73. The third-order valence-electron chi connectivity index (χ3n) is 6.31. The van der Waals surface area contributed by atoms with Crippen LogP contribution < -0.4 is 4.90 Å². The summed E-state index contributed by atoms with van der Waals surface area (Å²) in [4.78, 5) is 24.7. The van der Waals surface area contributed by atoms with Gasteiger partial charge in [0.05, 0.1) is 5.41 Å². The van der Waals surface area contributed by atoms with E-state index in [0.717, 1.165) is 12.4 Å². The van der Waals surface area contributed by atoms with Gasteiger partial charge in [0.25, 0.3) is 0 Å². The first-order chi connectivity index (χ1) is 14.2. The smallest absolute Gasteiger partial charge is 0.356 e. The van der Waals surface area contributed by atoms with Gasteiger partial charge in [-0.3, -0.25) is 4.79 Å². The Morgan fingerprint density at radius 3 is 2.37 bits per heavy atom. The molecule has 1 aromatic carbocycles. The van der Waals surface area contributed by atoms with Crippen LogP contribution in [0.25, 0.3) is 0 Å². The van der Waals surface area contributed by atoms with Gasteiger partial charge in [0.1, 0.15) is 17.8 Å². The number of nitrogens with zero attached hydrogens (tertiary/aromatic N) is 4. The Balaban J connectivity index is 1.60. The number of aromatic nitrogens is 2. The first-order valence-electron chi connectivity index (χ1n) is 10.2. The van der Waals surface area contributed by atoms with Crippen molar-refractivity contribution in [3.63, 3.8) is 0 Å². The lowest BCUT2D eigenvalue weighted by Gasteiger charge is -2.43. The highest BCUT2D eigenvalue weighted by Crippen LogP contribution is 2.42. The van der Waals surface area contributed by atoms with Crippen molar-refractivity contribution in [2.45, 2.75) is 51.9 Å². The Bertz CT molecular complexity index is 936. The Labute approximate surface area is 173 Å². The normalized spacial score (nSPS) is 19.2. The highest BCUT2D eigenvalue weighted by molar-refractivity contribution is 5.84. The molecule has 0 aliphatic carbocycles. The molecule has 2 aliphatic rings. The van der Waals surface area contributed by atoms with Crippen LogP contribution in [-0.2, 0) is 23.9 Å². The zero-order valence-electron chi connectivity index (χ0n) is 17.1. The molecular weight excluding hydrogens is 393 g/mol. The second-order valence-corrected chi connectivity index (χ2v) is 8.50. The zero-order valence-corrected chi connectivity index (χ0v) is 17.1. The van der Waals surface area contributed by atoms with Crippen LogP contribution in [0, 0.1) is 5.41 Å². The molecule has 1 spiro atoms. The molecule has 3 heterocycles. The number of alkyl halides is 3. The van der Waals surface area contributed by atoms with Crippen LogP contribution >= 0.6 is 0 Å². The fourth-order valence-electron chi connectivity index (χ4n) is 4.53. The van der Waals surface area contributed by atoms with Crippen molar-refractivity contribution >= 4 is 11.7 Å². The fraction of sp³-hybridized carbons (Fsp3) is 0.500. The Morgan fingerprint density at radius 1 is 1.07 bits per heavy atom. The van der Waals surface area contributed by atoms with Crippen LogP contribution in [0.5, 0.6) is 0 Å². The molecule has 4 rings (SSSR count). The van der Waals surface area contributed by atoms with E-state index in [2.05, 4.69) is 22.1 Å². The second kappa shape index (κ2) is 7.56. The van der Waals surface area contributed by atoms with Gasteiger partial charge in [-0.05, 0) is 44.2 Å². The molecule has 160 valence electrons. The SMILES string of the molecule is CC(C)N1Cc2ccccc2CC2(CCN(c3cc(C(F)(F)F)ncn3)CC2)C1=O. The van der Waals surface area contributed by atoms with E-state index < -0.39 is 17.3 Å². The van der Waals surface area contributed by atoms with E-state index in [0.29, 0.717) is 38.9 Å². The van der Waals surface area contributed by atoms with Gasteiger partial charge in [0, 0.05) is 31.7 Å². The predicted octanol–water partition coefficient (Wildman–Crippen LogP) is 4.08. The van der Waals surface area contributed by atoms with Gasteiger partial charge in [-0.1, -0.05) is 24.3 Å². The number of fused-ring (bicyclic) bond motifs is 1. The minimum Gasteiger partial charge on any atom is -0.356 e. The van der Waals surface area contributed by atoms with Crippen LogP contribution in [0.4, 0.5) is 19.0 Å². The van der Waals surface area contributed by atoms with Gasteiger partial charge < -0.3 is 9.80 Å². The highest BCUT2D eigenvalue weighted by Gasteiger charge is 2.46. The van der Waals surface area contributed by atoms with E-state index in [1.165, 1.54) is 11.1 Å². The Kier molecular flexibility index (Phi) is 5.20. The minimum absolute atomic E-state index is 0.0785. The number of carbonyl (C=O) groups excluding carboxylic acids is 1. The van der Waals surface area contributed by atoms with Crippen molar-refractivity contribution in [1.82, 2.24) is 14.9 Å². The summed E-state index contributed by atoms with van der Waals surface area (Å²) >= 11 is 0. The van der Waals surface area contributed by atoms with E-state index >= 15 is 0 Å². The van der Waals surface area contributed by atoms with Crippen molar-refractivity contribution in [2.24, 2.45) is 5.41 Å². The van der Waals surface area contributed by atoms with Crippen LogP contribution in [0.3, 0.4) is 0 Å². The first-order valence-corrected chi connectivity index (χ1v) is 10.2. The van der Waals surface area contributed by atoms with Crippen molar-refractivity contribution in [3.8, 4) is 0 Å². The number of benzene rings is 1. The molecule has 0 N–H and O–H groups in total. The van der Waals surface area contributed by atoms with Gasteiger partial charge in [-0.25, -0.2) is 9.97 Å². The maximum Gasteiger partial charge on any atom is 0.433 e. The van der Waals surface area contributed by atoms with Crippen LogP contribution in [0.2, 0.25) is 0 Å². The monoisotopic (exact) mass is 418 g/mol. The minimum atomic E-state index is -4.51. The number of anilines is 1. The molecule has 0 unspecified atom stereocenters. The summed E-state index contributed by atoms with van der Waals surface area (Å²) in [6.45, 7) is 5.60. The number of hydrogen-bond acceptors (Lipinski definition) is 4. The lowest BCUT2D eigenvalue weighted by atomic mass is 9.72. The maximum atomic E-state index is 13.6. The third kappa shape index (κ3) is 3.75. The quantitative estimate of drug-likeness (QED) is 0.738. The van der Waals surface area contributed by atoms with Crippen molar-refractivity contribution in [1.29, 1.82) is 0 Å². The lowest BCUT2D eigenvalue weighted by molar-refractivity contribution is -0.145. The molecule has 0 saturated carbocycles. The molecule has 1 saturated heterocycles. The average molecular weight is 418 g/mol. The van der Waals surface area contributed by atoms with Crippen molar-refractivity contribution in [3.05, 3.63) is 53.5 Å². The maximum absolute atomic E-state index is 13.6. The van der Waals surface area contributed by atoms with E-state index in [-0.39, 0.29) is 17.8 Å².